The van der Waals surface area contributed by atoms with Gasteiger partial charge in [-0.25, -0.2) is 0 Å². The average Bonchev–Trinajstić information content (AvgIpc) is 3.24. The van der Waals surface area contributed by atoms with E-state index in [0.29, 0.717) is 12.8 Å². The van der Waals surface area contributed by atoms with E-state index < -0.39 is 56.9 Å². The molecule has 0 saturated carbocycles. The smallest absolute Gasteiger partial charge is 0.358 e. The van der Waals surface area contributed by atoms with Gasteiger partial charge in [-0.2, -0.15) is 0 Å². The maximum absolute atomic E-state index is 12.5. The van der Waals surface area contributed by atoms with Gasteiger partial charge in [0.15, 0.2) is 11.9 Å². The van der Waals surface area contributed by atoms with Crippen LogP contribution < -0.4 is 0 Å². The Morgan fingerprint density at radius 3 is 1.05 bits per heavy atom. The summed E-state index contributed by atoms with van der Waals surface area (Å²) in [4.78, 5) is 34.6. The molecule has 0 aliphatic rings. The Hall–Kier alpha value is -1.23. The molecule has 0 rings (SSSR count). The Bertz CT molecular complexity index is 912. The van der Waals surface area contributed by atoms with Gasteiger partial charge >= 0.3 is 19.5 Å². The fourth-order valence-corrected chi connectivity index (χ4v) is 6.45. The second-order valence-corrected chi connectivity index (χ2v) is 17.3. The second-order valence-electron chi connectivity index (χ2n) is 15.3. The molecular formula is C43H89O15P. The van der Waals surface area contributed by atoms with E-state index in [1.165, 1.54) is 122 Å². The van der Waals surface area contributed by atoms with Crippen LogP contribution in [-0.2, 0) is 28.2 Å². The molecule has 16 heteroatoms. The molecule has 2 unspecified atom stereocenters. The maximum atomic E-state index is 12.5. The molecule has 0 fully saturated rings. The highest BCUT2D eigenvalue weighted by atomic mass is 31.2. The van der Waals surface area contributed by atoms with Crippen molar-refractivity contribution in [1.82, 2.24) is 0 Å². The van der Waals surface area contributed by atoms with E-state index in [9.17, 15) is 24.2 Å². The van der Waals surface area contributed by atoms with E-state index in [1.54, 1.807) is 0 Å². The standard InChI is InChI=1S/C37H73O9P.2C3H8O3/c1-3-5-7-9-11-13-15-17-19-21-23-25-27-29-35(39)44-32-34(33-45-47(42,43)37(41)31-38)46-36(40)30-28-26-24-22-20-18-16-14-12-10-8-6-4-2;2*4-1-3(6)2-5/h34,37-38,41H,3-33H2,1-2H3,(H,42,43);2*3-6H,1-2H2/t34-,37?;;/m1../s1. The van der Waals surface area contributed by atoms with Crippen LogP contribution in [0.25, 0.3) is 0 Å². The molecule has 0 aliphatic carbocycles. The number of esters is 2. The van der Waals surface area contributed by atoms with Crippen molar-refractivity contribution in [3.8, 4) is 0 Å². The van der Waals surface area contributed by atoms with Gasteiger partial charge in [0.25, 0.3) is 0 Å². The van der Waals surface area contributed by atoms with Crippen LogP contribution in [0.3, 0.4) is 0 Å². The molecule has 0 bridgehead atoms. The zero-order valence-electron chi connectivity index (χ0n) is 37.0. The highest BCUT2D eigenvalue weighted by Crippen LogP contribution is 2.46. The SMILES string of the molecule is CCCCCCCCCCCCCCCC(=O)OC[C@H](COP(=O)(O)C(O)CO)OC(=O)CCCCCCCCCCCCCCC.OCC(O)CO.OCC(O)CO. The van der Waals surface area contributed by atoms with Gasteiger partial charge in [0.2, 0.25) is 0 Å². The first kappa shape index (κ1) is 62.1. The van der Waals surface area contributed by atoms with Crippen LogP contribution in [0.5, 0.6) is 0 Å². The van der Waals surface area contributed by atoms with E-state index >= 15 is 0 Å². The fraction of sp³-hybridized carbons (Fsp3) is 0.953. The van der Waals surface area contributed by atoms with E-state index in [4.69, 9.17) is 49.7 Å². The van der Waals surface area contributed by atoms with Crippen molar-refractivity contribution >= 4 is 19.5 Å². The van der Waals surface area contributed by atoms with Crippen molar-refractivity contribution < 1.29 is 73.9 Å². The summed E-state index contributed by atoms with van der Waals surface area (Å²) in [5, 5.41) is 66.6. The van der Waals surface area contributed by atoms with Gasteiger partial charge in [0.1, 0.15) is 18.8 Å². The Balaban J connectivity index is -0.00000225. The summed E-state index contributed by atoms with van der Waals surface area (Å²) in [6, 6.07) is 0. The van der Waals surface area contributed by atoms with Gasteiger partial charge in [0, 0.05) is 12.8 Å². The molecule has 0 saturated heterocycles. The van der Waals surface area contributed by atoms with Crippen molar-refractivity contribution in [2.24, 2.45) is 0 Å². The molecule has 0 radical (unpaired) electrons. The van der Waals surface area contributed by atoms with Gasteiger partial charge in [0.05, 0.1) is 39.6 Å². The van der Waals surface area contributed by atoms with E-state index in [-0.39, 0.29) is 45.9 Å². The van der Waals surface area contributed by atoms with Crippen molar-refractivity contribution in [2.45, 2.75) is 218 Å². The Kier molecular flexibility index (Phi) is 50.3. The van der Waals surface area contributed by atoms with Crippen LogP contribution in [0, 0.1) is 0 Å². The summed E-state index contributed by atoms with van der Waals surface area (Å²) in [6.45, 7) is 1.22. The summed E-state index contributed by atoms with van der Waals surface area (Å²) in [7, 11) is -4.55. The van der Waals surface area contributed by atoms with Gasteiger partial charge in [-0.3, -0.25) is 14.2 Å². The predicted molar refractivity (Wildman–Crippen MR) is 231 cm³/mol. The first-order chi connectivity index (χ1) is 28.4. The van der Waals surface area contributed by atoms with Crippen LogP contribution in [-0.4, -0.2) is 128 Å². The number of rotatable bonds is 40. The molecule has 0 spiro atoms. The lowest BCUT2D eigenvalue weighted by Crippen LogP contribution is -2.30. The number of ether oxygens (including phenoxy) is 2. The van der Waals surface area contributed by atoms with Crippen LogP contribution in [0.15, 0.2) is 0 Å². The highest BCUT2D eigenvalue weighted by Gasteiger charge is 2.32. The number of hydrogen-bond acceptors (Lipinski definition) is 14. The fourth-order valence-electron chi connectivity index (χ4n) is 5.69. The number of hydrogen-bond donors (Lipinski definition) is 9. The number of aliphatic hydroxyl groups excluding tert-OH is 8. The quantitative estimate of drug-likeness (QED) is 0.0179. The van der Waals surface area contributed by atoms with Gasteiger partial charge in [-0.1, -0.05) is 168 Å². The van der Waals surface area contributed by atoms with Crippen molar-refractivity contribution in [3.63, 3.8) is 0 Å². The van der Waals surface area contributed by atoms with Crippen molar-refractivity contribution in [2.75, 3.05) is 46.2 Å². The third-order valence-corrected chi connectivity index (χ3v) is 11.0. The minimum Gasteiger partial charge on any atom is -0.462 e. The van der Waals surface area contributed by atoms with Crippen LogP contribution in [0.1, 0.15) is 194 Å². The molecule has 0 aromatic heterocycles. The molecule has 0 aliphatic heterocycles. The maximum Gasteiger partial charge on any atom is 0.358 e. The monoisotopic (exact) mass is 877 g/mol. The second kappa shape index (κ2) is 47.8. The minimum atomic E-state index is -4.55. The van der Waals surface area contributed by atoms with Gasteiger partial charge in [-0.15, -0.1) is 0 Å². The summed E-state index contributed by atoms with van der Waals surface area (Å²) < 4.78 is 27.7. The summed E-state index contributed by atoms with van der Waals surface area (Å²) in [5.74, 6) is -2.89. The lowest BCUT2D eigenvalue weighted by atomic mass is 10.0. The Labute approximate surface area is 356 Å². The van der Waals surface area contributed by atoms with Crippen LogP contribution in [0.4, 0.5) is 0 Å². The Morgan fingerprint density at radius 1 is 0.458 bits per heavy atom. The minimum absolute atomic E-state index is 0.192. The summed E-state index contributed by atoms with van der Waals surface area (Å²) in [5.41, 5.74) is 0. The molecule has 59 heavy (non-hydrogen) atoms. The average molecular weight is 877 g/mol. The largest absolute Gasteiger partial charge is 0.462 e. The summed E-state index contributed by atoms with van der Waals surface area (Å²) >= 11 is 0. The zero-order chi connectivity index (χ0) is 44.8. The topological polar surface area (TPSA) is 261 Å². The molecule has 0 aromatic rings. The Morgan fingerprint density at radius 2 is 0.763 bits per heavy atom. The van der Waals surface area contributed by atoms with Gasteiger partial charge in [-0.05, 0) is 12.8 Å². The summed E-state index contributed by atoms with van der Waals surface area (Å²) in [6.07, 6.45) is 28.7. The molecule has 15 nitrogen and oxygen atoms in total. The molecule has 9 N–H and O–H groups in total. The third-order valence-electron chi connectivity index (χ3n) is 9.53. The lowest BCUT2D eigenvalue weighted by Gasteiger charge is -2.21. The van der Waals surface area contributed by atoms with E-state index in [2.05, 4.69) is 13.8 Å². The lowest BCUT2D eigenvalue weighted by molar-refractivity contribution is -0.161. The van der Waals surface area contributed by atoms with Gasteiger partial charge < -0.3 is 59.7 Å². The number of carbonyl (C=O) groups is 2. The number of unbranched alkanes of at least 4 members (excludes halogenated alkanes) is 24. The number of aliphatic hydroxyl groups is 8. The van der Waals surface area contributed by atoms with E-state index in [1.807, 2.05) is 0 Å². The normalized spacial score (nSPS) is 13.2. The highest BCUT2D eigenvalue weighted by molar-refractivity contribution is 7.53. The molecule has 0 heterocycles. The van der Waals surface area contributed by atoms with Crippen molar-refractivity contribution in [3.05, 3.63) is 0 Å². The van der Waals surface area contributed by atoms with E-state index in [0.717, 1.165) is 32.1 Å². The molecule has 3 atom stereocenters. The number of carbonyl (C=O) groups excluding carboxylic acids is 2. The molecule has 0 amide bonds. The molecular weight excluding hydrogens is 787 g/mol. The first-order valence-electron chi connectivity index (χ1n) is 22.8. The van der Waals surface area contributed by atoms with Crippen LogP contribution in [0.2, 0.25) is 0 Å². The van der Waals surface area contributed by atoms with Crippen molar-refractivity contribution in [1.29, 1.82) is 0 Å². The molecule has 356 valence electrons. The predicted octanol–water partition coefficient (Wildman–Crippen LogP) is 6.58. The first-order valence-corrected chi connectivity index (χ1v) is 24.4. The molecule has 0 aromatic carbocycles. The van der Waals surface area contributed by atoms with Crippen LogP contribution >= 0.6 is 7.60 Å². The third kappa shape index (κ3) is 47.7. The zero-order valence-corrected chi connectivity index (χ0v) is 37.9.